The van der Waals surface area contributed by atoms with Crippen LogP contribution in [0.1, 0.15) is 47.8 Å². The van der Waals surface area contributed by atoms with Crippen LogP contribution in [0.2, 0.25) is 0 Å². The van der Waals surface area contributed by atoms with Gasteiger partial charge in [-0.3, -0.25) is 34.3 Å². The van der Waals surface area contributed by atoms with Crippen LogP contribution in [0.4, 0.5) is 0 Å². The minimum absolute atomic E-state index is 0.249. The molecule has 0 unspecified atom stereocenters. The summed E-state index contributed by atoms with van der Waals surface area (Å²) in [5.74, 6) is 0.656. The number of nitrogens with one attached hydrogen (secondary N) is 3. The first-order valence-corrected chi connectivity index (χ1v) is 19.1. The molecule has 0 saturated heterocycles. The van der Waals surface area contributed by atoms with Gasteiger partial charge in [0.25, 0.3) is 17.7 Å². The topological polar surface area (TPSA) is 128 Å². The number of carbonyl (C=O) groups is 3. The third-order valence-electron chi connectivity index (χ3n) is 9.00. The normalized spacial score (nSPS) is 11.8. The lowest BCUT2D eigenvalue weighted by molar-refractivity contribution is 0.0968. The van der Waals surface area contributed by atoms with Crippen molar-refractivity contribution >= 4 is 35.2 Å². The molecule has 58 heavy (non-hydrogen) atoms. The van der Waals surface area contributed by atoms with Gasteiger partial charge in [0.05, 0.1) is 19.6 Å². The number of hydrogen-bond donors (Lipinski definition) is 3. The highest BCUT2D eigenvalue weighted by molar-refractivity contribution is 6.14. The highest BCUT2D eigenvalue weighted by Crippen LogP contribution is 2.07. The van der Waals surface area contributed by atoms with Gasteiger partial charge in [-0.25, -0.2) is 0 Å². The van der Waals surface area contributed by atoms with E-state index in [1.54, 1.807) is 36.4 Å². The van der Waals surface area contributed by atoms with Gasteiger partial charge in [-0.2, -0.15) is 0 Å². The predicted molar refractivity (Wildman–Crippen MR) is 232 cm³/mol. The molecule has 0 saturated carbocycles. The molecule has 0 bridgehead atoms. The van der Waals surface area contributed by atoms with E-state index in [0.29, 0.717) is 73.5 Å². The number of amidine groups is 3. The first-order chi connectivity index (χ1) is 28.5. The Kier molecular flexibility index (Phi) is 15.1. The van der Waals surface area contributed by atoms with Crippen molar-refractivity contribution < 1.29 is 14.4 Å². The molecule has 6 rings (SSSR count). The second kappa shape index (κ2) is 21.7. The van der Waals surface area contributed by atoms with Crippen LogP contribution in [0.25, 0.3) is 0 Å². The Labute approximate surface area is 339 Å². The standard InChI is InChI=1S/C48H45N7O3/c56-46(40-25-13-4-14-26-40)52-43(37-19-7-1-8-20-37)49-31-34-55(35-32-50-44(38-21-9-2-10-22-38)53-47(57)41-27-15-5-16-28-41)36-33-51-45(39-23-11-3-12-24-39)54-48(58)42-29-17-6-18-30-42/h1-30H,31-36H2,(H,49,52,56)(H,50,53,57)(H,51,54,58). The lowest BCUT2D eigenvalue weighted by atomic mass is 10.1. The van der Waals surface area contributed by atoms with Crippen LogP contribution in [-0.2, 0) is 0 Å². The third-order valence-corrected chi connectivity index (χ3v) is 9.00. The molecular formula is C48H45N7O3. The average Bonchev–Trinajstić information content (AvgIpc) is 3.29. The van der Waals surface area contributed by atoms with Crippen molar-refractivity contribution in [2.45, 2.75) is 0 Å². The third kappa shape index (κ3) is 12.4. The highest BCUT2D eigenvalue weighted by atomic mass is 16.2. The zero-order valence-electron chi connectivity index (χ0n) is 32.1. The molecule has 3 amide bonds. The molecule has 10 heteroatoms. The quantitative estimate of drug-likeness (QED) is 0.0775. The molecule has 0 spiro atoms. The molecule has 0 aliphatic heterocycles. The number of carbonyl (C=O) groups excluding carboxylic acids is 3. The minimum Gasteiger partial charge on any atom is -0.306 e. The van der Waals surface area contributed by atoms with Crippen molar-refractivity contribution in [3.8, 4) is 0 Å². The van der Waals surface area contributed by atoms with Crippen molar-refractivity contribution in [3.05, 3.63) is 215 Å². The smallest absolute Gasteiger partial charge is 0.256 e. The molecule has 0 heterocycles. The lowest BCUT2D eigenvalue weighted by Gasteiger charge is -2.21. The number of benzene rings is 6. The molecule has 6 aromatic carbocycles. The average molecular weight is 768 g/mol. The predicted octanol–water partition coefficient (Wildman–Crippen LogP) is 6.92. The Balaban J connectivity index is 1.23. The van der Waals surface area contributed by atoms with Crippen LogP contribution in [0, 0.1) is 0 Å². The number of hydrogen-bond acceptors (Lipinski definition) is 7. The fourth-order valence-electron chi connectivity index (χ4n) is 5.95. The molecule has 3 N–H and O–H groups in total. The van der Waals surface area contributed by atoms with Gasteiger partial charge in [0.2, 0.25) is 0 Å². The van der Waals surface area contributed by atoms with Crippen LogP contribution >= 0.6 is 0 Å². The van der Waals surface area contributed by atoms with Gasteiger partial charge in [-0.1, -0.05) is 146 Å². The SMILES string of the molecule is O=C(NC(=NCCN(CCN=C(NC(=O)c1ccccc1)c1ccccc1)CCN=C(NC(=O)c1ccccc1)c1ccccc1)c1ccccc1)c1ccccc1. The summed E-state index contributed by atoms with van der Waals surface area (Å²) in [6.45, 7) is 2.61. The first kappa shape index (κ1) is 40.4. The van der Waals surface area contributed by atoms with Crippen LogP contribution in [0.5, 0.6) is 0 Å². The van der Waals surface area contributed by atoms with E-state index < -0.39 is 0 Å². The Morgan fingerprint density at radius 2 is 0.534 bits per heavy atom. The van der Waals surface area contributed by atoms with Gasteiger partial charge >= 0.3 is 0 Å². The summed E-state index contributed by atoms with van der Waals surface area (Å²) in [6.07, 6.45) is 0. The van der Waals surface area contributed by atoms with E-state index >= 15 is 0 Å². The summed E-state index contributed by atoms with van der Waals surface area (Å²) in [7, 11) is 0. The molecule has 0 aliphatic carbocycles. The van der Waals surface area contributed by atoms with E-state index in [-0.39, 0.29) is 17.7 Å². The van der Waals surface area contributed by atoms with Gasteiger partial charge < -0.3 is 16.0 Å². The zero-order chi connectivity index (χ0) is 40.2. The van der Waals surface area contributed by atoms with Crippen LogP contribution in [-0.4, -0.2) is 79.4 Å². The second-order valence-corrected chi connectivity index (χ2v) is 13.1. The van der Waals surface area contributed by atoms with Gasteiger partial charge in [-0.05, 0) is 36.4 Å². The van der Waals surface area contributed by atoms with Gasteiger partial charge in [0.15, 0.2) is 0 Å². The van der Waals surface area contributed by atoms with Gasteiger partial charge in [-0.15, -0.1) is 0 Å². The van der Waals surface area contributed by atoms with Crippen molar-refractivity contribution in [1.29, 1.82) is 0 Å². The number of aliphatic imine (C=N–C) groups is 3. The van der Waals surface area contributed by atoms with Crippen molar-refractivity contribution in [3.63, 3.8) is 0 Å². The van der Waals surface area contributed by atoms with E-state index in [1.807, 2.05) is 146 Å². The maximum Gasteiger partial charge on any atom is 0.256 e. The second-order valence-electron chi connectivity index (χ2n) is 13.1. The van der Waals surface area contributed by atoms with E-state index in [9.17, 15) is 14.4 Å². The molecule has 0 fully saturated rings. The summed E-state index contributed by atoms with van der Waals surface area (Å²) in [4.78, 5) is 56.5. The monoisotopic (exact) mass is 767 g/mol. The van der Waals surface area contributed by atoms with Crippen LogP contribution in [0.3, 0.4) is 0 Å². The maximum atomic E-state index is 13.2. The molecular weight excluding hydrogens is 723 g/mol. The van der Waals surface area contributed by atoms with E-state index in [1.165, 1.54) is 0 Å². The van der Waals surface area contributed by atoms with E-state index in [0.717, 1.165) is 16.7 Å². The fraction of sp³-hybridized carbons (Fsp3) is 0.125. The number of nitrogens with zero attached hydrogens (tertiary/aromatic N) is 4. The van der Waals surface area contributed by atoms with Crippen molar-refractivity contribution in [2.24, 2.45) is 15.0 Å². The summed E-state index contributed by atoms with van der Waals surface area (Å²) in [6, 6.07) is 55.8. The fourth-order valence-corrected chi connectivity index (χ4v) is 5.95. The number of amides is 3. The maximum absolute atomic E-state index is 13.2. The molecule has 6 aromatic rings. The summed E-state index contributed by atoms with van der Waals surface area (Å²) >= 11 is 0. The molecule has 0 aromatic heterocycles. The zero-order valence-corrected chi connectivity index (χ0v) is 32.1. The summed E-state index contributed by atoms with van der Waals surface area (Å²) in [5, 5.41) is 9.02. The highest BCUT2D eigenvalue weighted by Gasteiger charge is 2.15. The largest absolute Gasteiger partial charge is 0.306 e. The molecule has 0 atom stereocenters. The first-order valence-electron chi connectivity index (χ1n) is 19.1. The number of rotatable bonds is 15. The molecule has 0 aliphatic rings. The molecule has 0 radical (unpaired) electrons. The summed E-state index contributed by atoms with van der Waals surface area (Å²) < 4.78 is 0. The summed E-state index contributed by atoms with van der Waals surface area (Å²) in [5.41, 5.74) is 3.96. The molecule has 290 valence electrons. The van der Waals surface area contributed by atoms with Crippen molar-refractivity contribution in [1.82, 2.24) is 20.9 Å². The lowest BCUT2D eigenvalue weighted by Crippen LogP contribution is -2.36. The Bertz CT molecular complexity index is 2040. The van der Waals surface area contributed by atoms with Crippen LogP contribution in [0.15, 0.2) is 197 Å². The van der Waals surface area contributed by atoms with Crippen molar-refractivity contribution in [2.75, 3.05) is 39.3 Å². The Hall–Kier alpha value is -7.30. The van der Waals surface area contributed by atoms with Crippen LogP contribution < -0.4 is 16.0 Å². The van der Waals surface area contributed by atoms with E-state index in [2.05, 4.69) is 20.9 Å². The Morgan fingerprint density at radius 1 is 0.328 bits per heavy atom. The van der Waals surface area contributed by atoms with E-state index in [4.69, 9.17) is 15.0 Å². The minimum atomic E-state index is -0.249. The Morgan fingerprint density at radius 3 is 0.759 bits per heavy atom. The van der Waals surface area contributed by atoms with Gasteiger partial charge in [0, 0.05) is 53.0 Å². The van der Waals surface area contributed by atoms with Gasteiger partial charge in [0.1, 0.15) is 17.5 Å². The molecule has 10 nitrogen and oxygen atoms in total.